The minimum atomic E-state index is 0.667. The fourth-order valence-corrected chi connectivity index (χ4v) is 2.01. The largest absolute Gasteiger partial charge is 0.0807 e. The molecule has 0 bridgehead atoms. The van der Waals surface area contributed by atoms with Gasteiger partial charge in [0.05, 0.1) is 0 Å². The molecule has 0 spiro atoms. The van der Waals surface area contributed by atoms with Crippen molar-refractivity contribution in [1.82, 2.24) is 0 Å². The molecule has 2 aliphatic carbocycles. The van der Waals surface area contributed by atoms with Crippen molar-refractivity contribution in [2.24, 2.45) is 17.3 Å². The van der Waals surface area contributed by atoms with Gasteiger partial charge >= 0.3 is 0 Å². The molecule has 1 saturated carbocycles. The molecule has 0 amide bonds. The van der Waals surface area contributed by atoms with Crippen LogP contribution in [-0.2, 0) is 0 Å². The molecule has 8 heavy (non-hydrogen) atoms. The van der Waals surface area contributed by atoms with Gasteiger partial charge in [-0.3, -0.25) is 0 Å². The van der Waals surface area contributed by atoms with E-state index >= 15 is 0 Å². The number of rotatable bonds is 0. The lowest BCUT2D eigenvalue weighted by Gasteiger charge is -2.21. The van der Waals surface area contributed by atoms with E-state index in [4.69, 9.17) is 0 Å². The van der Waals surface area contributed by atoms with Crippen LogP contribution in [0.15, 0.2) is 11.6 Å². The van der Waals surface area contributed by atoms with Crippen LogP contribution in [0.4, 0.5) is 0 Å². The molecule has 3 atom stereocenters. The van der Waals surface area contributed by atoms with Gasteiger partial charge in [-0.15, -0.1) is 0 Å². The predicted molar refractivity (Wildman–Crippen MR) is 34.5 cm³/mol. The summed E-state index contributed by atoms with van der Waals surface area (Å²) in [6.07, 6.45) is 2.41. The van der Waals surface area contributed by atoms with Gasteiger partial charge in [0.15, 0.2) is 0 Å². The minimum Gasteiger partial charge on any atom is -0.0807 e. The zero-order chi connectivity index (χ0) is 5.94. The van der Waals surface area contributed by atoms with Gasteiger partial charge < -0.3 is 0 Å². The van der Waals surface area contributed by atoms with Gasteiger partial charge in [-0.25, -0.2) is 0 Å². The lowest BCUT2D eigenvalue weighted by molar-refractivity contribution is 0.392. The molecule has 2 rings (SSSR count). The van der Waals surface area contributed by atoms with E-state index in [9.17, 15) is 0 Å². The van der Waals surface area contributed by atoms with E-state index in [1.54, 1.807) is 5.57 Å². The molecular weight excluding hydrogens is 96.1 g/mol. The molecule has 0 aromatic carbocycles. The fraction of sp³-hybridized carbons (Fsp3) is 0.750. The summed E-state index contributed by atoms with van der Waals surface area (Å²) in [5, 5.41) is 0. The van der Waals surface area contributed by atoms with Crippen molar-refractivity contribution in [3.8, 4) is 0 Å². The van der Waals surface area contributed by atoms with Crippen LogP contribution in [0.1, 0.15) is 20.8 Å². The van der Waals surface area contributed by atoms with E-state index in [2.05, 4.69) is 26.8 Å². The maximum atomic E-state index is 2.41. The van der Waals surface area contributed by atoms with Gasteiger partial charge in [0.25, 0.3) is 0 Å². The molecule has 0 N–H and O–H groups in total. The van der Waals surface area contributed by atoms with E-state index < -0.39 is 0 Å². The van der Waals surface area contributed by atoms with E-state index in [1.807, 2.05) is 0 Å². The first-order valence-corrected chi connectivity index (χ1v) is 3.39. The molecule has 0 aromatic rings. The maximum absolute atomic E-state index is 2.41. The summed E-state index contributed by atoms with van der Waals surface area (Å²) in [5.74, 6) is 1.78. The van der Waals surface area contributed by atoms with Crippen molar-refractivity contribution < 1.29 is 0 Å². The van der Waals surface area contributed by atoms with Crippen LogP contribution in [0.2, 0.25) is 0 Å². The van der Waals surface area contributed by atoms with Gasteiger partial charge in [-0.2, -0.15) is 0 Å². The Bertz CT molecular complexity index is 161. The predicted octanol–water partition coefficient (Wildman–Crippen LogP) is 2.22. The monoisotopic (exact) mass is 108 g/mol. The molecule has 0 nitrogen and oxygen atoms in total. The number of hydrogen-bond acceptors (Lipinski definition) is 0. The second kappa shape index (κ2) is 0.896. The Morgan fingerprint density at radius 3 is 2.12 bits per heavy atom. The first kappa shape index (κ1) is 4.60. The second-order valence-corrected chi connectivity index (χ2v) is 3.42. The van der Waals surface area contributed by atoms with Crippen molar-refractivity contribution in [2.75, 3.05) is 0 Å². The van der Waals surface area contributed by atoms with Gasteiger partial charge in [-0.05, 0) is 11.8 Å². The molecule has 2 aliphatic rings. The van der Waals surface area contributed by atoms with Crippen LogP contribution < -0.4 is 0 Å². The minimum absolute atomic E-state index is 0.667. The molecule has 0 radical (unpaired) electrons. The lowest BCUT2D eigenvalue weighted by atomic mass is 9.83. The molecular formula is C8H12. The average Bonchev–Trinajstić information content (AvgIpc) is 2.15. The first-order valence-electron chi connectivity index (χ1n) is 3.39. The van der Waals surface area contributed by atoms with Crippen LogP contribution in [0.25, 0.3) is 0 Å². The Labute approximate surface area is 50.6 Å². The van der Waals surface area contributed by atoms with Crippen LogP contribution in [0.5, 0.6) is 0 Å². The van der Waals surface area contributed by atoms with Crippen LogP contribution in [0, 0.1) is 17.3 Å². The molecule has 0 saturated heterocycles. The summed E-state index contributed by atoms with van der Waals surface area (Å²) in [7, 11) is 0. The van der Waals surface area contributed by atoms with Crippen molar-refractivity contribution in [2.45, 2.75) is 20.8 Å². The highest BCUT2D eigenvalue weighted by molar-refractivity contribution is 5.47. The summed E-state index contributed by atoms with van der Waals surface area (Å²) in [4.78, 5) is 0. The van der Waals surface area contributed by atoms with Gasteiger partial charge in [-0.1, -0.05) is 32.4 Å². The lowest BCUT2D eigenvalue weighted by Crippen LogP contribution is -2.13. The van der Waals surface area contributed by atoms with Crippen LogP contribution in [-0.4, -0.2) is 0 Å². The van der Waals surface area contributed by atoms with Gasteiger partial charge in [0.1, 0.15) is 0 Å². The van der Waals surface area contributed by atoms with E-state index in [0.29, 0.717) is 5.41 Å². The maximum Gasteiger partial charge on any atom is 0.000980 e. The third kappa shape index (κ3) is 0.229. The van der Waals surface area contributed by atoms with Crippen molar-refractivity contribution in [1.29, 1.82) is 0 Å². The standard InChI is InChI=1S/C8H12/c1-5-4-7-6(2)8(5,7)3/h4-6H,1-3H3. The van der Waals surface area contributed by atoms with Crippen LogP contribution >= 0.6 is 0 Å². The van der Waals surface area contributed by atoms with Gasteiger partial charge in [0, 0.05) is 5.41 Å². The Kier molecular flexibility index (Phi) is 0.516. The normalized spacial score (nSPS) is 58.6. The average molecular weight is 108 g/mol. The summed E-state index contributed by atoms with van der Waals surface area (Å²) < 4.78 is 0. The van der Waals surface area contributed by atoms with Crippen molar-refractivity contribution >= 4 is 0 Å². The van der Waals surface area contributed by atoms with Crippen molar-refractivity contribution in [3.05, 3.63) is 11.6 Å². The molecule has 0 aliphatic heterocycles. The molecule has 3 unspecified atom stereocenters. The quantitative estimate of drug-likeness (QED) is 0.417. The number of hydrogen-bond donors (Lipinski definition) is 0. The SMILES string of the molecule is CC1C=C2C(C)C21C. The second-order valence-electron chi connectivity index (χ2n) is 3.42. The highest BCUT2D eigenvalue weighted by Crippen LogP contribution is 2.70. The summed E-state index contributed by atoms with van der Waals surface area (Å²) in [5.41, 5.74) is 2.38. The van der Waals surface area contributed by atoms with E-state index in [0.717, 1.165) is 11.8 Å². The third-order valence-corrected chi connectivity index (χ3v) is 3.28. The summed E-state index contributed by atoms with van der Waals surface area (Å²) in [6, 6.07) is 0. The Morgan fingerprint density at radius 2 is 2.12 bits per heavy atom. The highest BCUT2D eigenvalue weighted by atomic mass is 14.6. The molecule has 0 heterocycles. The van der Waals surface area contributed by atoms with Crippen LogP contribution in [0.3, 0.4) is 0 Å². The molecule has 1 fully saturated rings. The number of allylic oxidation sites excluding steroid dienone is 2. The number of fused-ring (bicyclic) bond motifs is 1. The Morgan fingerprint density at radius 1 is 1.50 bits per heavy atom. The highest BCUT2D eigenvalue weighted by Gasteiger charge is 2.61. The summed E-state index contributed by atoms with van der Waals surface area (Å²) >= 11 is 0. The van der Waals surface area contributed by atoms with E-state index in [1.165, 1.54) is 0 Å². The topological polar surface area (TPSA) is 0 Å². The molecule has 0 aromatic heterocycles. The Balaban J connectivity index is 2.35. The smallest absolute Gasteiger partial charge is 0.000980 e. The van der Waals surface area contributed by atoms with Gasteiger partial charge in [0.2, 0.25) is 0 Å². The summed E-state index contributed by atoms with van der Waals surface area (Å²) in [6.45, 7) is 7.01. The third-order valence-electron chi connectivity index (χ3n) is 3.28. The fourth-order valence-electron chi connectivity index (χ4n) is 2.01. The molecule has 44 valence electrons. The zero-order valence-corrected chi connectivity index (χ0v) is 5.73. The first-order chi connectivity index (χ1) is 3.67. The molecule has 0 heteroatoms. The van der Waals surface area contributed by atoms with Crippen molar-refractivity contribution in [3.63, 3.8) is 0 Å². The Hall–Kier alpha value is -0.260. The zero-order valence-electron chi connectivity index (χ0n) is 5.73. The van der Waals surface area contributed by atoms with E-state index in [-0.39, 0.29) is 0 Å².